The molecule has 3 aliphatic rings. The molecule has 2 aromatic rings. The lowest BCUT2D eigenvalue weighted by Crippen LogP contribution is -2.44. The Morgan fingerprint density at radius 3 is 2.24 bits per heavy atom. The van der Waals surface area contributed by atoms with Crippen LogP contribution in [-0.2, 0) is 25.7 Å². The highest BCUT2D eigenvalue weighted by atomic mass is 28.4. The summed E-state index contributed by atoms with van der Waals surface area (Å²) in [7, 11) is -2.11. The second-order valence-corrected chi connectivity index (χ2v) is 20.6. The van der Waals surface area contributed by atoms with Crippen molar-refractivity contribution >= 4 is 13.9 Å². The highest BCUT2D eigenvalue weighted by molar-refractivity contribution is 6.74. The molecule has 0 spiro atoms. The Morgan fingerprint density at radius 2 is 1.71 bits per heavy atom. The molecule has 42 heavy (non-hydrogen) atoms. The number of aromatic nitrogens is 1. The van der Waals surface area contributed by atoms with Crippen LogP contribution in [0.25, 0.3) is 5.57 Å². The van der Waals surface area contributed by atoms with Gasteiger partial charge in [-0.15, -0.1) is 0 Å². The third kappa shape index (κ3) is 5.95. The van der Waals surface area contributed by atoms with Crippen LogP contribution in [0.3, 0.4) is 0 Å². The van der Waals surface area contributed by atoms with Crippen molar-refractivity contribution in [3.05, 3.63) is 69.5 Å². The second-order valence-electron chi connectivity index (χ2n) is 15.8. The van der Waals surface area contributed by atoms with Gasteiger partial charge in [-0.1, -0.05) is 85.7 Å². The van der Waals surface area contributed by atoms with Crippen LogP contribution < -0.4 is 0 Å². The highest BCUT2D eigenvalue weighted by Crippen LogP contribution is 2.51. The van der Waals surface area contributed by atoms with Crippen molar-refractivity contribution < 1.29 is 19.0 Å². The van der Waals surface area contributed by atoms with E-state index >= 15 is 0 Å². The Morgan fingerprint density at radius 1 is 1.05 bits per heavy atom. The number of pyridine rings is 1. The molecule has 1 aromatic carbocycles. The first-order valence-electron chi connectivity index (χ1n) is 15.9. The fourth-order valence-electron chi connectivity index (χ4n) is 6.55. The van der Waals surface area contributed by atoms with E-state index in [1.165, 1.54) is 22.3 Å². The van der Waals surface area contributed by atoms with Crippen molar-refractivity contribution in [1.82, 2.24) is 4.98 Å². The van der Waals surface area contributed by atoms with Crippen LogP contribution in [-0.4, -0.2) is 44.8 Å². The average molecular weight is 592 g/mol. The van der Waals surface area contributed by atoms with E-state index in [1.54, 1.807) is 0 Å². The SMILES string of the molecule is CC(C)c1nc2c(c(C3=CCOCC3)c1[C@H](O)c1ccc(C3(C)COC3)cc1)[C@@H](O[Si](C)(C)C(C)(C)C)CC(C)(C)C2. The summed E-state index contributed by atoms with van der Waals surface area (Å²) in [5.74, 6) is 0.161. The van der Waals surface area contributed by atoms with Crippen molar-refractivity contribution in [2.45, 2.75) is 116 Å². The van der Waals surface area contributed by atoms with Gasteiger partial charge in [0.25, 0.3) is 0 Å². The van der Waals surface area contributed by atoms with E-state index in [0.29, 0.717) is 13.2 Å². The molecule has 1 saturated heterocycles. The van der Waals surface area contributed by atoms with Gasteiger partial charge in [0.2, 0.25) is 0 Å². The summed E-state index contributed by atoms with van der Waals surface area (Å²) in [6.45, 7) is 25.7. The van der Waals surface area contributed by atoms with Gasteiger partial charge < -0.3 is 19.0 Å². The molecule has 0 unspecified atom stereocenters. The van der Waals surface area contributed by atoms with Gasteiger partial charge in [-0.05, 0) is 71.0 Å². The van der Waals surface area contributed by atoms with Gasteiger partial charge in [0.1, 0.15) is 6.10 Å². The zero-order valence-electron chi connectivity index (χ0n) is 27.7. The first kappa shape index (κ1) is 31.6. The van der Waals surface area contributed by atoms with Crippen LogP contribution in [0.5, 0.6) is 0 Å². The molecule has 1 fully saturated rings. The van der Waals surface area contributed by atoms with Crippen LogP contribution >= 0.6 is 0 Å². The molecule has 0 radical (unpaired) electrons. The molecule has 5 nitrogen and oxygen atoms in total. The average Bonchev–Trinajstić information content (AvgIpc) is 2.89. The van der Waals surface area contributed by atoms with E-state index in [2.05, 4.69) is 98.8 Å². The van der Waals surface area contributed by atoms with Crippen LogP contribution in [0, 0.1) is 5.41 Å². The highest BCUT2D eigenvalue weighted by Gasteiger charge is 2.45. The summed E-state index contributed by atoms with van der Waals surface area (Å²) in [6, 6.07) is 8.53. The van der Waals surface area contributed by atoms with E-state index < -0.39 is 14.4 Å². The number of aliphatic hydroxyl groups excluding tert-OH is 1. The summed E-state index contributed by atoms with van der Waals surface area (Å²) in [6.07, 6.45) is 4.04. The molecule has 1 N–H and O–H groups in total. The zero-order chi connectivity index (χ0) is 30.7. The van der Waals surface area contributed by atoms with Crippen molar-refractivity contribution in [3.8, 4) is 0 Å². The van der Waals surface area contributed by atoms with E-state index in [0.717, 1.165) is 55.0 Å². The second kappa shape index (κ2) is 11.3. The standard InChI is InChI=1S/C36H53NO4Si/c1-23(2)32-31(33(38)25-11-13-26(14-12-25)36(8)21-40-22-36)29(24-15-17-39-18-16-24)30-27(37-32)19-35(6,7)20-28(30)41-42(9,10)34(3,4)5/h11-15,23,28,33,38H,16-22H2,1-10H3/t28-,33+/m0/s1. The number of hydrogen-bond acceptors (Lipinski definition) is 5. The van der Waals surface area contributed by atoms with Gasteiger partial charge in [-0.2, -0.15) is 0 Å². The molecule has 0 bridgehead atoms. The number of rotatable bonds is 7. The van der Waals surface area contributed by atoms with Gasteiger partial charge in [0.15, 0.2) is 8.32 Å². The molecule has 2 aliphatic heterocycles. The predicted molar refractivity (Wildman–Crippen MR) is 174 cm³/mol. The number of hydrogen-bond donors (Lipinski definition) is 1. The molecule has 0 amide bonds. The van der Waals surface area contributed by atoms with Crippen molar-refractivity contribution in [3.63, 3.8) is 0 Å². The first-order valence-corrected chi connectivity index (χ1v) is 18.8. The van der Waals surface area contributed by atoms with E-state index in [1.807, 2.05) is 0 Å². The smallest absolute Gasteiger partial charge is 0.192 e. The number of benzene rings is 1. The minimum atomic E-state index is -2.11. The molecule has 1 aliphatic carbocycles. The third-order valence-electron chi connectivity index (χ3n) is 10.2. The van der Waals surface area contributed by atoms with Gasteiger partial charge in [-0.3, -0.25) is 4.98 Å². The maximum absolute atomic E-state index is 12.3. The van der Waals surface area contributed by atoms with E-state index in [9.17, 15) is 5.11 Å². The maximum atomic E-state index is 12.3. The Labute approximate surface area is 255 Å². The summed E-state index contributed by atoms with van der Waals surface area (Å²) in [5.41, 5.74) is 9.01. The van der Waals surface area contributed by atoms with Crippen molar-refractivity contribution in [2.24, 2.45) is 5.41 Å². The van der Waals surface area contributed by atoms with Crippen LogP contribution in [0.4, 0.5) is 0 Å². The Hall–Kier alpha value is -1.83. The maximum Gasteiger partial charge on any atom is 0.192 e. The minimum Gasteiger partial charge on any atom is -0.410 e. The normalized spacial score (nSPS) is 22.8. The van der Waals surface area contributed by atoms with E-state index in [4.69, 9.17) is 18.9 Å². The van der Waals surface area contributed by atoms with Crippen LogP contribution in [0.15, 0.2) is 30.3 Å². The fraction of sp³-hybridized carbons (Fsp3) is 0.639. The molecule has 5 rings (SSSR count). The van der Waals surface area contributed by atoms with Crippen LogP contribution in [0.2, 0.25) is 18.1 Å². The zero-order valence-corrected chi connectivity index (χ0v) is 28.7. The summed E-state index contributed by atoms with van der Waals surface area (Å²) in [5, 5.41) is 12.4. The summed E-state index contributed by atoms with van der Waals surface area (Å²) < 4.78 is 18.6. The summed E-state index contributed by atoms with van der Waals surface area (Å²) >= 11 is 0. The Balaban J connectivity index is 1.72. The molecule has 1 aromatic heterocycles. The fourth-order valence-corrected chi connectivity index (χ4v) is 7.82. The molecule has 230 valence electrons. The van der Waals surface area contributed by atoms with Gasteiger partial charge in [0.05, 0.1) is 32.5 Å². The molecule has 2 atom stereocenters. The third-order valence-corrected chi connectivity index (χ3v) is 14.7. The molecule has 6 heteroatoms. The number of ether oxygens (including phenoxy) is 2. The van der Waals surface area contributed by atoms with Gasteiger partial charge in [-0.25, -0.2) is 0 Å². The molecule has 3 heterocycles. The molecular formula is C36H53NO4Si. The van der Waals surface area contributed by atoms with Gasteiger partial charge >= 0.3 is 0 Å². The molecular weight excluding hydrogens is 538 g/mol. The Kier molecular flexibility index (Phi) is 8.47. The van der Waals surface area contributed by atoms with Crippen molar-refractivity contribution in [1.29, 1.82) is 0 Å². The van der Waals surface area contributed by atoms with Crippen LogP contribution in [0.1, 0.15) is 126 Å². The van der Waals surface area contributed by atoms with Crippen molar-refractivity contribution in [2.75, 3.05) is 26.4 Å². The minimum absolute atomic E-state index is 0.0547. The number of fused-ring (bicyclic) bond motifs is 1. The lowest BCUT2D eigenvalue weighted by atomic mass is 9.71. The molecule has 0 saturated carbocycles. The number of nitrogens with zero attached hydrogens (tertiary/aromatic N) is 1. The monoisotopic (exact) mass is 591 g/mol. The predicted octanol–water partition coefficient (Wildman–Crippen LogP) is 8.41. The van der Waals surface area contributed by atoms with E-state index in [-0.39, 0.29) is 27.9 Å². The number of aliphatic hydroxyl groups is 1. The largest absolute Gasteiger partial charge is 0.410 e. The topological polar surface area (TPSA) is 60.8 Å². The lowest BCUT2D eigenvalue weighted by molar-refractivity contribution is -0.0500. The Bertz CT molecular complexity index is 1330. The first-order chi connectivity index (χ1) is 19.5. The van der Waals surface area contributed by atoms with Gasteiger partial charge in [0, 0.05) is 27.9 Å². The quantitative estimate of drug-likeness (QED) is 0.328. The lowest BCUT2D eigenvalue weighted by Gasteiger charge is -2.45. The summed E-state index contributed by atoms with van der Waals surface area (Å²) in [4.78, 5) is 5.43.